The highest BCUT2D eigenvalue weighted by Crippen LogP contribution is 2.21. The molecule has 106 valence electrons. The van der Waals surface area contributed by atoms with Crippen molar-refractivity contribution in [2.75, 3.05) is 5.32 Å². The molecule has 0 bridgehead atoms. The van der Waals surface area contributed by atoms with Gasteiger partial charge in [-0.15, -0.1) is 0 Å². The summed E-state index contributed by atoms with van der Waals surface area (Å²) in [6.45, 7) is 3.76. The van der Waals surface area contributed by atoms with Crippen molar-refractivity contribution in [1.82, 2.24) is 0 Å². The first-order chi connectivity index (χ1) is 8.90. The second kappa shape index (κ2) is 7.46. The van der Waals surface area contributed by atoms with Gasteiger partial charge in [-0.1, -0.05) is 24.9 Å². The second-order valence-electron chi connectivity index (χ2n) is 4.92. The molecule has 1 aromatic rings. The van der Waals surface area contributed by atoms with Gasteiger partial charge in [-0.2, -0.15) is 0 Å². The van der Waals surface area contributed by atoms with Gasteiger partial charge in [-0.25, -0.2) is 4.39 Å². The van der Waals surface area contributed by atoms with Crippen LogP contribution in [0.4, 0.5) is 10.1 Å². The third-order valence-corrected chi connectivity index (χ3v) is 3.17. The second-order valence-corrected chi connectivity index (χ2v) is 5.36. The Hall–Kier alpha value is -1.13. The summed E-state index contributed by atoms with van der Waals surface area (Å²) in [6.07, 6.45) is 2.49. The van der Waals surface area contributed by atoms with Gasteiger partial charge >= 0.3 is 0 Å². The maximum Gasteiger partial charge on any atom is 0.227 e. The third kappa shape index (κ3) is 5.57. The Morgan fingerprint density at radius 2 is 2.11 bits per heavy atom. The fraction of sp³-hybridized carbons (Fsp3) is 0.500. The standard InChI is InChI=1S/C14H20ClFN2O/c1-9(4-3-5-10(2)17)14(19)18-13-8-11(15)6-7-12(13)16/h6-10H,3-5,17H2,1-2H3,(H,18,19). The summed E-state index contributed by atoms with van der Waals surface area (Å²) in [5, 5.41) is 2.95. The molecule has 1 amide bonds. The summed E-state index contributed by atoms with van der Waals surface area (Å²) in [7, 11) is 0. The molecule has 0 aliphatic carbocycles. The summed E-state index contributed by atoms with van der Waals surface area (Å²) in [5.41, 5.74) is 5.77. The maximum atomic E-state index is 13.5. The number of nitrogens with one attached hydrogen (secondary N) is 1. The largest absolute Gasteiger partial charge is 0.328 e. The third-order valence-electron chi connectivity index (χ3n) is 2.93. The normalized spacial score (nSPS) is 13.9. The molecular weight excluding hydrogens is 267 g/mol. The smallest absolute Gasteiger partial charge is 0.227 e. The molecule has 0 aliphatic rings. The Labute approximate surface area is 118 Å². The van der Waals surface area contributed by atoms with E-state index in [0.29, 0.717) is 5.02 Å². The van der Waals surface area contributed by atoms with Crippen molar-refractivity contribution in [3.05, 3.63) is 29.0 Å². The van der Waals surface area contributed by atoms with Crippen LogP contribution in [-0.2, 0) is 4.79 Å². The topological polar surface area (TPSA) is 55.1 Å². The van der Waals surface area contributed by atoms with Crippen LogP contribution in [0.5, 0.6) is 0 Å². The summed E-state index contributed by atoms with van der Waals surface area (Å²) >= 11 is 5.77. The van der Waals surface area contributed by atoms with E-state index in [1.165, 1.54) is 18.2 Å². The highest BCUT2D eigenvalue weighted by Gasteiger charge is 2.15. The number of halogens is 2. The fourth-order valence-electron chi connectivity index (χ4n) is 1.73. The van der Waals surface area contributed by atoms with Gasteiger partial charge in [0.1, 0.15) is 5.82 Å². The molecule has 19 heavy (non-hydrogen) atoms. The van der Waals surface area contributed by atoms with E-state index in [-0.39, 0.29) is 23.6 Å². The van der Waals surface area contributed by atoms with E-state index < -0.39 is 5.82 Å². The van der Waals surface area contributed by atoms with Crippen molar-refractivity contribution in [2.45, 2.75) is 39.2 Å². The highest BCUT2D eigenvalue weighted by molar-refractivity contribution is 6.30. The lowest BCUT2D eigenvalue weighted by atomic mass is 10.0. The van der Waals surface area contributed by atoms with E-state index in [1.54, 1.807) is 0 Å². The Kier molecular flexibility index (Phi) is 6.25. The van der Waals surface area contributed by atoms with Crippen molar-refractivity contribution in [2.24, 2.45) is 11.7 Å². The molecule has 1 aromatic carbocycles. The zero-order valence-electron chi connectivity index (χ0n) is 11.2. The van der Waals surface area contributed by atoms with Crippen LogP contribution in [0, 0.1) is 11.7 Å². The van der Waals surface area contributed by atoms with Crippen LogP contribution in [0.3, 0.4) is 0 Å². The Bertz CT molecular complexity index is 437. The van der Waals surface area contributed by atoms with Crippen LogP contribution in [0.1, 0.15) is 33.1 Å². The van der Waals surface area contributed by atoms with Gasteiger partial charge in [0.25, 0.3) is 0 Å². The number of hydrogen-bond acceptors (Lipinski definition) is 2. The van der Waals surface area contributed by atoms with Crippen molar-refractivity contribution in [3.8, 4) is 0 Å². The summed E-state index contributed by atoms with van der Waals surface area (Å²) < 4.78 is 13.5. The highest BCUT2D eigenvalue weighted by atomic mass is 35.5. The minimum absolute atomic E-state index is 0.122. The molecular formula is C14H20ClFN2O. The lowest BCUT2D eigenvalue weighted by Gasteiger charge is -2.13. The van der Waals surface area contributed by atoms with Gasteiger partial charge in [0.05, 0.1) is 5.69 Å². The molecule has 2 unspecified atom stereocenters. The number of anilines is 1. The Morgan fingerprint density at radius 3 is 2.74 bits per heavy atom. The van der Waals surface area contributed by atoms with Crippen LogP contribution in [0.15, 0.2) is 18.2 Å². The van der Waals surface area contributed by atoms with Gasteiger partial charge in [0.2, 0.25) is 5.91 Å². The predicted octanol–water partition coefficient (Wildman–Crippen LogP) is 3.57. The molecule has 0 fully saturated rings. The average molecular weight is 287 g/mol. The van der Waals surface area contributed by atoms with Crippen LogP contribution in [-0.4, -0.2) is 11.9 Å². The first-order valence-corrected chi connectivity index (χ1v) is 6.79. The number of carbonyl (C=O) groups is 1. The van der Waals surface area contributed by atoms with E-state index in [4.69, 9.17) is 17.3 Å². The van der Waals surface area contributed by atoms with Crippen LogP contribution < -0.4 is 11.1 Å². The molecule has 1 rings (SSSR count). The maximum absolute atomic E-state index is 13.5. The minimum Gasteiger partial charge on any atom is -0.328 e. The van der Waals surface area contributed by atoms with Gasteiger partial charge in [0.15, 0.2) is 0 Å². The molecule has 0 aliphatic heterocycles. The molecule has 3 N–H and O–H groups in total. The van der Waals surface area contributed by atoms with Crippen LogP contribution >= 0.6 is 11.6 Å². The van der Waals surface area contributed by atoms with Gasteiger partial charge in [0, 0.05) is 17.0 Å². The van der Waals surface area contributed by atoms with E-state index in [9.17, 15) is 9.18 Å². The van der Waals surface area contributed by atoms with Gasteiger partial charge < -0.3 is 11.1 Å². The summed E-state index contributed by atoms with van der Waals surface area (Å²) in [6, 6.07) is 4.22. The van der Waals surface area contributed by atoms with Crippen molar-refractivity contribution in [1.29, 1.82) is 0 Å². The number of nitrogens with two attached hydrogens (primary N) is 1. The van der Waals surface area contributed by atoms with E-state index in [1.807, 2.05) is 13.8 Å². The zero-order chi connectivity index (χ0) is 14.4. The molecule has 0 radical (unpaired) electrons. The van der Waals surface area contributed by atoms with Crippen LogP contribution in [0.2, 0.25) is 5.02 Å². The van der Waals surface area contributed by atoms with E-state index in [2.05, 4.69) is 5.32 Å². The first-order valence-electron chi connectivity index (χ1n) is 6.41. The average Bonchev–Trinajstić information content (AvgIpc) is 2.33. The molecule has 3 nitrogen and oxygen atoms in total. The van der Waals surface area contributed by atoms with Crippen molar-refractivity contribution >= 4 is 23.2 Å². The van der Waals surface area contributed by atoms with Crippen molar-refractivity contribution in [3.63, 3.8) is 0 Å². The summed E-state index contributed by atoms with van der Waals surface area (Å²) in [5.74, 6) is -0.872. The van der Waals surface area contributed by atoms with Crippen LogP contribution in [0.25, 0.3) is 0 Å². The number of amides is 1. The number of benzene rings is 1. The molecule has 0 heterocycles. The summed E-state index contributed by atoms with van der Waals surface area (Å²) in [4.78, 5) is 11.9. The molecule has 0 aromatic heterocycles. The predicted molar refractivity (Wildman–Crippen MR) is 76.7 cm³/mol. The van der Waals surface area contributed by atoms with E-state index in [0.717, 1.165) is 19.3 Å². The number of rotatable bonds is 6. The molecule has 0 saturated carbocycles. The molecule has 5 heteroatoms. The quantitative estimate of drug-likeness (QED) is 0.840. The SMILES string of the molecule is CC(N)CCCC(C)C(=O)Nc1cc(Cl)ccc1F. The van der Waals surface area contributed by atoms with Gasteiger partial charge in [-0.05, 0) is 38.0 Å². The fourth-order valence-corrected chi connectivity index (χ4v) is 1.90. The van der Waals surface area contributed by atoms with E-state index >= 15 is 0 Å². The zero-order valence-corrected chi connectivity index (χ0v) is 12.0. The Balaban J connectivity index is 2.51. The Morgan fingerprint density at radius 1 is 1.42 bits per heavy atom. The number of carbonyl (C=O) groups excluding carboxylic acids is 1. The molecule has 0 saturated heterocycles. The van der Waals surface area contributed by atoms with Crippen molar-refractivity contribution < 1.29 is 9.18 Å². The number of hydrogen-bond donors (Lipinski definition) is 2. The van der Waals surface area contributed by atoms with Gasteiger partial charge in [-0.3, -0.25) is 4.79 Å². The monoisotopic (exact) mass is 286 g/mol. The lowest BCUT2D eigenvalue weighted by Crippen LogP contribution is -2.22. The first kappa shape index (κ1) is 15.9. The molecule has 2 atom stereocenters. The lowest BCUT2D eigenvalue weighted by molar-refractivity contribution is -0.119. The minimum atomic E-state index is -0.486. The molecule has 0 spiro atoms.